The first-order valence-corrected chi connectivity index (χ1v) is 6.70. The molecule has 0 aliphatic carbocycles. The molecular formula is C13H29N3O. The van der Waals surface area contributed by atoms with Crippen molar-refractivity contribution in [3.8, 4) is 0 Å². The highest BCUT2D eigenvalue weighted by molar-refractivity contribution is 4.84. The van der Waals surface area contributed by atoms with E-state index < -0.39 is 0 Å². The van der Waals surface area contributed by atoms with Gasteiger partial charge < -0.3 is 15.0 Å². The molecule has 0 aromatic heterocycles. The molecule has 1 saturated heterocycles. The number of ether oxygens (including phenoxy) is 1. The Morgan fingerprint density at radius 1 is 1.29 bits per heavy atom. The number of hydrogen-bond donors (Lipinski definition) is 1. The Labute approximate surface area is 106 Å². The summed E-state index contributed by atoms with van der Waals surface area (Å²) in [5, 5.41) is 3.52. The van der Waals surface area contributed by atoms with Gasteiger partial charge in [0.25, 0.3) is 0 Å². The molecular weight excluding hydrogens is 214 g/mol. The molecule has 0 atom stereocenters. The predicted molar refractivity (Wildman–Crippen MR) is 72.5 cm³/mol. The summed E-state index contributed by atoms with van der Waals surface area (Å²) in [6.07, 6.45) is 1.22. The maximum absolute atomic E-state index is 5.52. The molecule has 1 aliphatic heterocycles. The van der Waals surface area contributed by atoms with Crippen molar-refractivity contribution >= 4 is 0 Å². The van der Waals surface area contributed by atoms with Crippen LogP contribution in [0.3, 0.4) is 0 Å². The van der Waals surface area contributed by atoms with Crippen LogP contribution in [-0.4, -0.2) is 75.4 Å². The van der Waals surface area contributed by atoms with Crippen molar-refractivity contribution in [3.63, 3.8) is 0 Å². The average Bonchev–Trinajstić information content (AvgIpc) is 2.24. The largest absolute Gasteiger partial charge is 0.378 e. The van der Waals surface area contributed by atoms with Gasteiger partial charge in [-0.3, -0.25) is 4.90 Å². The summed E-state index contributed by atoms with van der Waals surface area (Å²) in [6.45, 7) is 11.8. The van der Waals surface area contributed by atoms with Crippen molar-refractivity contribution in [2.45, 2.75) is 25.8 Å². The Morgan fingerprint density at radius 2 is 2.06 bits per heavy atom. The molecule has 4 heteroatoms. The lowest BCUT2D eigenvalue weighted by Gasteiger charge is -2.42. The molecule has 0 saturated carbocycles. The molecule has 1 rings (SSSR count). The molecule has 1 N–H and O–H groups in total. The number of hydrogen-bond acceptors (Lipinski definition) is 4. The Morgan fingerprint density at radius 3 is 2.71 bits per heavy atom. The van der Waals surface area contributed by atoms with Gasteiger partial charge in [0.2, 0.25) is 0 Å². The molecule has 1 aliphatic rings. The molecule has 4 nitrogen and oxygen atoms in total. The van der Waals surface area contributed by atoms with E-state index in [1.165, 1.54) is 6.42 Å². The molecule has 0 aromatic rings. The Kier molecular flexibility index (Phi) is 6.41. The molecule has 0 amide bonds. The molecule has 0 aromatic carbocycles. The smallest absolute Gasteiger partial charge is 0.0645 e. The van der Waals surface area contributed by atoms with E-state index in [4.69, 9.17) is 4.74 Å². The number of nitrogens with one attached hydrogen (secondary N) is 1. The first-order valence-electron chi connectivity index (χ1n) is 6.70. The summed E-state index contributed by atoms with van der Waals surface area (Å²) >= 11 is 0. The molecule has 1 fully saturated rings. The van der Waals surface area contributed by atoms with E-state index in [1.807, 2.05) is 0 Å². The van der Waals surface area contributed by atoms with Crippen molar-refractivity contribution in [2.24, 2.45) is 0 Å². The summed E-state index contributed by atoms with van der Waals surface area (Å²) in [7, 11) is 4.24. The minimum Gasteiger partial charge on any atom is -0.378 e. The molecule has 0 bridgehead atoms. The molecule has 102 valence electrons. The van der Waals surface area contributed by atoms with Gasteiger partial charge in [-0.05, 0) is 47.5 Å². The summed E-state index contributed by atoms with van der Waals surface area (Å²) in [4.78, 5) is 4.75. The molecule has 17 heavy (non-hydrogen) atoms. The normalized spacial score (nSPS) is 21.0. The molecule has 0 radical (unpaired) electrons. The predicted octanol–water partition coefficient (Wildman–Crippen LogP) is 0.639. The number of nitrogens with zero attached hydrogens (tertiary/aromatic N) is 2. The van der Waals surface area contributed by atoms with E-state index in [2.05, 4.69) is 43.1 Å². The summed E-state index contributed by atoms with van der Waals surface area (Å²) < 4.78 is 5.52. The third kappa shape index (κ3) is 5.82. The zero-order valence-corrected chi connectivity index (χ0v) is 12.0. The second kappa shape index (κ2) is 7.31. The van der Waals surface area contributed by atoms with Crippen LogP contribution in [0.25, 0.3) is 0 Å². The van der Waals surface area contributed by atoms with Gasteiger partial charge in [0.05, 0.1) is 13.2 Å². The van der Waals surface area contributed by atoms with Crippen LogP contribution in [0.15, 0.2) is 0 Å². The monoisotopic (exact) mass is 243 g/mol. The van der Waals surface area contributed by atoms with Crippen molar-refractivity contribution in [1.82, 2.24) is 15.1 Å². The van der Waals surface area contributed by atoms with E-state index in [1.54, 1.807) is 0 Å². The van der Waals surface area contributed by atoms with Gasteiger partial charge >= 0.3 is 0 Å². The highest BCUT2D eigenvalue weighted by atomic mass is 16.5. The SMILES string of the molecule is CN(C)CCCNCCN1CCOCC1(C)C. The highest BCUT2D eigenvalue weighted by Crippen LogP contribution is 2.17. The van der Waals surface area contributed by atoms with Crippen molar-refractivity contribution < 1.29 is 4.74 Å². The van der Waals surface area contributed by atoms with Gasteiger partial charge in [0, 0.05) is 25.2 Å². The number of morpholine rings is 1. The standard InChI is InChI=1S/C13H29N3O/c1-13(2)12-17-11-10-16(13)9-7-14-6-5-8-15(3)4/h14H,5-12H2,1-4H3. The first kappa shape index (κ1) is 14.9. The van der Waals surface area contributed by atoms with Crippen LogP contribution in [0.1, 0.15) is 20.3 Å². The highest BCUT2D eigenvalue weighted by Gasteiger charge is 2.29. The van der Waals surface area contributed by atoms with Crippen LogP contribution in [0.2, 0.25) is 0 Å². The van der Waals surface area contributed by atoms with Crippen molar-refractivity contribution in [1.29, 1.82) is 0 Å². The Hall–Kier alpha value is -0.160. The van der Waals surface area contributed by atoms with Crippen LogP contribution in [0.5, 0.6) is 0 Å². The molecule has 1 heterocycles. The van der Waals surface area contributed by atoms with Gasteiger partial charge in [-0.25, -0.2) is 0 Å². The van der Waals surface area contributed by atoms with E-state index in [0.29, 0.717) is 0 Å². The van der Waals surface area contributed by atoms with Crippen molar-refractivity contribution in [3.05, 3.63) is 0 Å². The van der Waals surface area contributed by atoms with Gasteiger partial charge in [-0.1, -0.05) is 0 Å². The first-order chi connectivity index (χ1) is 8.02. The number of rotatable bonds is 7. The van der Waals surface area contributed by atoms with Gasteiger partial charge in [-0.15, -0.1) is 0 Å². The minimum atomic E-state index is 0.198. The van der Waals surface area contributed by atoms with Crippen LogP contribution >= 0.6 is 0 Å². The van der Waals surface area contributed by atoms with Gasteiger partial charge in [-0.2, -0.15) is 0 Å². The molecule has 0 spiro atoms. The Bertz CT molecular complexity index is 207. The van der Waals surface area contributed by atoms with E-state index in [9.17, 15) is 0 Å². The fourth-order valence-corrected chi connectivity index (χ4v) is 2.16. The van der Waals surface area contributed by atoms with E-state index >= 15 is 0 Å². The van der Waals surface area contributed by atoms with Crippen molar-refractivity contribution in [2.75, 3.05) is 60.0 Å². The second-order valence-electron chi connectivity index (χ2n) is 5.76. The van der Waals surface area contributed by atoms with Crippen LogP contribution in [0, 0.1) is 0 Å². The maximum atomic E-state index is 5.52. The van der Waals surface area contributed by atoms with Gasteiger partial charge in [0.15, 0.2) is 0 Å². The quantitative estimate of drug-likeness (QED) is 0.664. The fraction of sp³-hybridized carbons (Fsp3) is 1.00. The zero-order valence-electron chi connectivity index (χ0n) is 12.0. The minimum absolute atomic E-state index is 0.198. The van der Waals surface area contributed by atoms with Crippen LogP contribution < -0.4 is 5.32 Å². The van der Waals surface area contributed by atoms with Crippen LogP contribution in [0.4, 0.5) is 0 Å². The van der Waals surface area contributed by atoms with Gasteiger partial charge in [0.1, 0.15) is 0 Å². The van der Waals surface area contributed by atoms with E-state index in [-0.39, 0.29) is 5.54 Å². The topological polar surface area (TPSA) is 27.7 Å². The lowest BCUT2D eigenvalue weighted by molar-refractivity contribution is -0.0500. The third-order valence-electron chi connectivity index (χ3n) is 3.33. The average molecular weight is 243 g/mol. The zero-order chi connectivity index (χ0) is 12.7. The Balaban J connectivity index is 2.05. The second-order valence-corrected chi connectivity index (χ2v) is 5.76. The summed E-state index contributed by atoms with van der Waals surface area (Å²) in [5.74, 6) is 0. The van der Waals surface area contributed by atoms with E-state index in [0.717, 1.165) is 45.9 Å². The third-order valence-corrected chi connectivity index (χ3v) is 3.33. The van der Waals surface area contributed by atoms with Crippen LogP contribution in [-0.2, 0) is 4.74 Å². The lowest BCUT2D eigenvalue weighted by atomic mass is 10.0. The fourth-order valence-electron chi connectivity index (χ4n) is 2.16. The summed E-state index contributed by atoms with van der Waals surface area (Å²) in [5.41, 5.74) is 0.198. The molecule has 0 unspecified atom stereocenters. The maximum Gasteiger partial charge on any atom is 0.0645 e. The summed E-state index contributed by atoms with van der Waals surface area (Å²) in [6, 6.07) is 0. The lowest BCUT2D eigenvalue weighted by Crippen LogP contribution is -2.54.